The number of ketones is 1. The van der Waals surface area contributed by atoms with E-state index >= 15 is 0 Å². The van der Waals surface area contributed by atoms with Crippen molar-refractivity contribution in [2.75, 3.05) is 0 Å². The first-order chi connectivity index (χ1) is 7.42. The molecular weight excluding hydrogens is 208 g/mol. The van der Waals surface area contributed by atoms with Gasteiger partial charge in [0, 0.05) is 0 Å². The van der Waals surface area contributed by atoms with Crippen molar-refractivity contribution in [1.29, 1.82) is 0 Å². The number of hydrogen-bond acceptors (Lipinski definition) is 4. The minimum absolute atomic E-state index is 0.350. The number of benzene rings is 1. The highest BCUT2D eigenvalue weighted by atomic mass is 16.5. The van der Waals surface area contributed by atoms with Gasteiger partial charge in [0.1, 0.15) is 11.4 Å². The van der Waals surface area contributed by atoms with Gasteiger partial charge < -0.3 is 9.84 Å². The summed E-state index contributed by atoms with van der Waals surface area (Å²) in [6, 6.07) is 8.50. The Balaban J connectivity index is 2.58. The van der Waals surface area contributed by atoms with Crippen LogP contribution >= 0.6 is 0 Å². The number of Topliss-reactive ketones (excluding diaryl/α,β-unsaturated/α-hetero) is 1. The van der Waals surface area contributed by atoms with Crippen molar-refractivity contribution < 1.29 is 19.4 Å². The lowest BCUT2D eigenvalue weighted by Crippen LogP contribution is -2.36. The number of carbonyl (C=O) groups excluding carboxylic acids is 2. The van der Waals surface area contributed by atoms with Crippen molar-refractivity contribution in [3.8, 4) is 5.75 Å². The zero-order valence-electron chi connectivity index (χ0n) is 9.27. The predicted octanol–water partition coefficient (Wildman–Crippen LogP) is 1.32. The number of esters is 1. The first kappa shape index (κ1) is 12.4. The Labute approximate surface area is 93.9 Å². The van der Waals surface area contributed by atoms with E-state index in [2.05, 4.69) is 0 Å². The highest BCUT2D eigenvalue weighted by Crippen LogP contribution is 2.14. The van der Waals surface area contributed by atoms with Crippen molar-refractivity contribution >= 4 is 11.8 Å². The normalized spacial score (nSPS) is 13.9. The maximum Gasteiger partial charge on any atom is 0.314 e. The Morgan fingerprint density at radius 3 is 2.38 bits per heavy atom. The summed E-state index contributed by atoms with van der Waals surface area (Å²) in [4.78, 5) is 22.4. The van der Waals surface area contributed by atoms with Gasteiger partial charge in [0.15, 0.2) is 5.78 Å². The SMILES string of the molecule is CC(=O)[C@@](C)(O)CC(=O)Oc1ccccc1. The summed E-state index contributed by atoms with van der Waals surface area (Å²) in [6.07, 6.45) is -0.350. The molecular formula is C12H14O4. The minimum Gasteiger partial charge on any atom is -0.426 e. The molecule has 0 saturated carbocycles. The first-order valence-corrected chi connectivity index (χ1v) is 4.91. The summed E-state index contributed by atoms with van der Waals surface area (Å²) >= 11 is 0. The number of para-hydroxylation sites is 1. The summed E-state index contributed by atoms with van der Waals surface area (Å²) in [5.74, 6) is -0.698. The zero-order valence-corrected chi connectivity index (χ0v) is 9.27. The Morgan fingerprint density at radius 2 is 1.88 bits per heavy atom. The number of aliphatic hydroxyl groups is 1. The van der Waals surface area contributed by atoms with E-state index in [9.17, 15) is 14.7 Å². The van der Waals surface area contributed by atoms with E-state index in [1.54, 1.807) is 30.3 Å². The number of carbonyl (C=O) groups is 2. The maximum absolute atomic E-state index is 11.4. The molecule has 0 amide bonds. The largest absolute Gasteiger partial charge is 0.426 e. The summed E-state index contributed by atoms with van der Waals surface area (Å²) in [5, 5.41) is 9.59. The van der Waals surface area contributed by atoms with Crippen LogP contribution in [0.3, 0.4) is 0 Å². The van der Waals surface area contributed by atoms with E-state index in [0.717, 1.165) is 0 Å². The van der Waals surface area contributed by atoms with E-state index in [-0.39, 0.29) is 6.42 Å². The van der Waals surface area contributed by atoms with Gasteiger partial charge in [-0.15, -0.1) is 0 Å². The van der Waals surface area contributed by atoms with Crippen LogP contribution in [-0.2, 0) is 9.59 Å². The zero-order chi connectivity index (χ0) is 12.2. The van der Waals surface area contributed by atoms with Crippen molar-refractivity contribution in [2.45, 2.75) is 25.9 Å². The molecule has 0 aliphatic carbocycles. The van der Waals surface area contributed by atoms with E-state index in [1.165, 1.54) is 13.8 Å². The monoisotopic (exact) mass is 222 g/mol. The Bertz CT molecular complexity index is 381. The molecule has 1 N–H and O–H groups in total. The summed E-state index contributed by atoms with van der Waals surface area (Å²) in [6.45, 7) is 2.53. The number of rotatable bonds is 4. The van der Waals surface area contributed by atoms with Gasteiger partial charge in [0.25, 0.3) is 0 Å². The maximum atomic E-state index is 11.4. The van der Waals surface area contributed by atoms with Gasteiger partial charge in [0.05, 0.1) is 6.42 Å². The molecule has 0 unspecified atom stereocenters. The topological polar surface area (TPSA) is 63.6 Å². The third-order valence-corrected chi connectivity index (χ3v) is 2.22. The van der Waals surface area contributed by atoms with E-state index < -0.39 is 17.4 Å². The van der Waals surface area contributed by atoms with E-state index in [1.807, 2.05) is 0 Å². The average Bonchev–Trinajstić information content (AvgIpc) is 2.17. The Hall–Kier alpha value is -1.68. The third kappa shape index (κ3) is 3.47. The fraction of sp³-hybridized carbons (Fsp3) is 0.333. The standard InChI is InChI=1S/C12H14O4/c1-9(13)12(2,15)8-11(14)16-10-6-4-3-5-7-10/h3-7,15H,8H2,1-2H3/t12-/m0/s1. The van der Waals surface area contributed by atoms with Gasteiger partial charge in [-0.05, 0) is 26.0 Å². The van der Waals surface area contributed by atoms with Gasteiger partial charge in [-0.2, -0.15) is 0 Å². The van der Waals surface area contributed by atoms with Crippen LogP contribution < -0.4 is 4.74 Å². The lowest BCUT2D eigenvalue weighted by atomic mass is 9.98. The number of hydrogen-bond donors (Lipinski definition) is 1. The van der Waals surface area contributed by atoms with E-state index in [4.69, 9.17) is 4.74 Å². The summed E-state index contributed by atoms with van der Waals surface area (Å²) in [5.41, 5.74) is -1.66. The molecule has 0 aromatic heterocycles. The second-order valence-corrected chi connectivity index (χ2v) is 3.79. The van der Waals surface area contributed by atoms with Gasteiger partial charge >= 0.3 is 5.97 Å². The molecule has 16 heavy (non-hydrogen) atoms. The van der Waals surface area contributed by atoms with Crippen LogP contribution in [-0.4, -0.2) is 22.5 Å². The minimum atomic E-state index is -1.66. The predicted molar refractivity (Wildman–Crippen MR) is 58.0 cm³/mol. The quantitative estimate of drug-likeness (QED) is 0.616. The van der Waals surface area contributed by atoms with Crippen LogP contribution in [0.5, 0.6) is 5.75 Å². The van der Waals surface area contributed by atoms with Crippen LogP contribution in [0.25, 0.3) is 0 Å². The van der Waals surface area contributed by atoms with Crippen molar-refractivity contribution in [1.82, 2.24) is 0 Å². The Morgan fingerprint density at radius 1 is 1.31 bits per heavy atom. The molecule has 4 nitrogen and oxygen atoms in total. The average molecular weight is 222 g/mol. The molecule has 1 aromatic rings. The molecule has 0 spiro atoms. The van der Waals surface area contributed by atoms with Gasteiger partial charge in [-0.25, -0.2) is 0 Å². The molecule has 0 radical (unpaired) electrons. The molecule has 0 heterocycles. The second kappa shape index (κ2) is 4.90. The molecule has 0 aliphatic rings. The second-order valence-electron chi connectivity index (χ2n) is 3.79. The van der Waals surface area contributed by atoms with Crippen LogP contribution in [0.2, 0.25) is 0 Å². The first-order valence-electron chi connectivity index (χ1n) is 4.91. The molecule has 0 fully saturated rings. The van der Waals surface area contributed by atoms with Crippen LogP contribution in [0.4, 0.5) is 0 Å². The van der Waals surface area contributed by atoms with Gasteiger partial charge in [-0.1, -0.05) is 18.2 Å². The molecule has 1 atom stereocenters. The molecule has 86 valence electrons. The molecule has 0 saturated heterocycles. The number of ether oxygens (including phenoxy) is 1. The third-order valence-electron chi connectivity index (χ3n) is 2.22. The van der Waals surface area contributed by atoms with Crippen LogP contribution in [0, 0.1) is 0 Å². The fourth-order valence-electron chi connectivity index (χ4n) is 1.06. The highest BCUT2D eigenvalue weighted by molar-refractivity contribution is 5.89. The summed E-state index contributed by atoms with van der Waals surface area (Å²) in [7, 11) is 0. The van der Waals surface area contributed by atoms with Gasteiger partial charge in [-0.3, -0.25) is 9.59 Å². The molecule has 1 aromatic carbocycles. The molecule has 0 aliphatic heterocycles. The Kier molecular flexibility index (Phi) is 3.79. The summed E-state index contributed by atoms with van der Waals surface area (Å²) < 4.78 is 4.95. The van der Waals surface area contributed by atoms with Crippen molar-refractivity contribution in [3.63, 3.8) is 0 Å². The molecule has 4 heteroatoms. The van der Waals surface area contributed by atoms with Crippen molar-refractivity contribution in [2.24, 2.45) is 0 Å². The molecule has 0 bridgehead atoms. The lowest BCUT2D eigenvalue weighted by Gasteiger charge is -2.18. The van der Waals surface area contributed by atoms with Crippen LogP contribution in [0.15, 0.2) is 30.3 Å². The highest BCUT2D eigenvalue weighted by Gasteiger charge is 2.30. The molecule has 1 rings (SSSR count). The van der Waals surface area contributed by atoms with Crippen molar-refractivity contribution in [3.05, 3.63) is 30.3 Å². The smallest absolute Gasteiger partial charge is 0.314 e. The lowest BCUT2D eigenvalue weighted by molar-refractivity contribution is -0.146. The van der Waals surface area contributed by atoms with E-state index in [0.29, 0.717) is 5.75 Å². The van der Waals surface area contributed by atoms with Crippen LogP contribution in [0.1, 0.15) is 20.3 Å². The van der Waals surface area contributed by atoms with Gasteiger partial charge in [0.2, 0.25) is 0 Å². The fourth-order valence-corrected chi connectivity index (χ4v) is 1.06.